The lowest BCUT2D eigenvalue weighted by Crippen LogP contribution is -2.24. The third kappa shape index (κ3) is 3.57. The lowest BCUT2D eigenvalue weighted by Gasteiger charge is -2.19. The molecule has 1 aromatic heterocycles. The summed E-state index contributed by atoms with van der Waals surface area (Å²) in [4.78, 5) is 4.52. The van der Waals surface area contributed by atoms with Gasteiger partial charge in [-0.05, 0) is 44.2 Å². The Morgan fingerprint density at radius 1 is 1.36 bits per heavy atom. The fourth-order valence-corrected chi connectivity index (χ4v) is 3.07. The Bertz CT molecular complexity index is 648. The molecule has 22 heavy (non-hydrogen) atoms. The molecule has 0 saturated carbocycles. The number of allylic oxidation sites excluding steroid dienone is 2. The predicted octanol–water partition coefficient (Wildman–Crippen LogP) is 3.08. The first kappa shape index (κ1) is 15.3. The largest absolute Gasteiger partial charge is 0.389 e. The molecule has 4 nitrogen and oxygen atoms in total. The van der Waals surface area contributed by atoms with E-state index in [1.165, 1.54) is 6.42 Å². The fourth-order valence-electron chi connectivity index (χ4n) is 3.07. The van der Waals surface area contributed by atoms with Gasteiger partial charge in [0.25, 0.3) is 0 Å². The molecule has 1 aromatic carbocycles. The van der Waals surface area contributed by atoms with E-state index in [9.17, 15) is 5.11 Å². The summed E-state index contributed by atoms with van der Waals surface area (Å²) in [7, 11) is 0. The van der Waals surface area contributed by atoms with Crippen LogP contribution in [0.1, 0.15) is 25.1 Å². The van der Waals surface area contributed by atoms with E-state index in [1.807, 2.05) is 31.2 Å². The van der Waals surface area contributed by atoms with E-state index in [-0.39, 0.29) is 0 Å². The maximum atomic E-state index is 10.2. The Morgan fingerprint density at radius 2 is 2.23 bits per heavy atom. The number of nitrogens with zero attached hydrogens (tertiary/aromatic N) is 2. The van der Waals surface area contributed by atoms with Crippen molar-refractivity contribution < 1.29 is 9.84 Å². The van der Waals surface area contributed by atoms with Crippen molar-refractivity contribution in [3.8, 4) is 0 Å². The summed E-state index contributed by atoms with van der Waals surface area (Å²) in [6.07, 6.45) is 7.40. The average Bonchev–Trinajstić information content (AvgIpc) is 2.84. The molecule has 3 rings (SSSR count). The molecule has 4 heteroatoms. The van der Waals surface area contributed by atoms with E-state index in [2.05, 4.69) is 21.7 Å². The zero-order chi connectivity index (χ0) is 15.4. The van der Waals surface area contributed by atoms with Crippen molar-refractivity contribution in [3.05, 3.63) is 42.2 Å². The zero-order valence-electron chi connectivity index (χ0n) is 13.1. The SMILES string of the molecule is Cc1nc2ccccc2n1C[C@@H](O)COC[C@H]1CC=CCC1. The van der Waals surface area contributed by atoms with Gasteiger partial charge in [-0.15, -0.1) is 0 Å². The second-order valence-corrected chi connectivity index (χ2v) is 6.10. The Labute approximate surface area is 131 Å². The molecule has 1 aliphatic rings. The molecule has 118 valence electrons. The maximum Gasteiger partial charge on any atom is 0.106 e. The van der Waals surface area contributed by atoms with Crippen LogP contribution in [0.4, 0.5) is 0 Å². The van der Waals surface area contributed by atoms with Crippen molar-refractivity contribution >= 4 is 11.0 Å². The summed E-state index contributed by atoms with van der Waals surface area (Å²) < 4.78 is 7.78. The Morgan fingerprint density at radius 3 is 3.05 bits per heavy atom. The molecule has 0 amide bonds. The highest BCUT2D eigenvalue weighted by atomic mass is 16.5. The van der Waals surface area contributed by atoms with Crippen LogP contribution in [0.25, 0.3) is 11.0 Å². The van der Waals surface area contributed by atoms with Gasteiger partial charge < -0.3 is 14.4 Å². The number of imidazole rings is 1. The van der Waals surface area contributed by atoms with Crippen LogP contribution in [0.15, 0.2) is 36.4 Å². The van der Waals surface area contributed by atoms with Crippen molar-refractivity contribution in [1.29, 1.82) is 0 Å². The van der Waals surface area contributed by atoms with Gasteiger partial charge in [-0.1, -0.05) is 24.3 Å². The summed E-state index contributed by atoms with van der Waals surface area (Å²) in [5.41, 5.74) is 2.04. The number of rotatable bonds is 6. The zero-order valence-corrected chi connectivity index (χ0v) is 13.1. The quantitative estimate of drug-likeness (QED) is 0.834. The molecule has 0 radical (unpaired) electrons. The lowest BCUT2D eigenvalue weighted by atomic mass is 9.95. The van der Waals surface area contributed by atoms with Crippen molar-refractivity contribution in [2.24, 2.45) is 5.92 Å². The topological polar surface area (TPSA) is 47.3 Å². The molecule has 0 spiro atoms. The predicted molar refractivity (Wildman–Crippen MR) is 87.8 cm³/mol. The number of ether oxygens (including phenoxy) is 1. The van der Waals surface area contributed by atoms with E-state index in [0.29, 0.717) is 19.1 Å². The molecule has 1 heterocycles. The van der Waals surface area contributed by atoms with Gasteiger partial charge >= 0.3 is 0 Å². The number of fused-ring (bicyclic) bond motifs is 1. The van der Waals surface area contributed by atoms with Gasteiger partial charge in [-0.3, -0.25) is 0 Å². The van der Waals surface area contributed by atoms with Gasteiger partial charge in [0.1, 0.15) is 5.82 Å². The van der Waals surface area contributed by atoms with Crippen LogP contribution in [0.5, 0.6) is 0 Å². The first-order valence-electron chi connectivity index (χ1n) is 8.06. The normalized spacial score (nSPS) is 19.6. The van der Waals surface area contributed by atoms with Crippen LogP contribution in [0.3, 0.4) is 0 Å². The van der Waals surface area contributed by atoms with E-state index in [4.69, 9.17) is 4.74 Å². The van der Waals surface area contributed by atoms with E-state index >= 15 is 0 Å². The molecule has 2 atom stereocenters. The number of hydrogen-bond donors (Lipinski definition) is 1. The third-order valence-corrected chi connectivity index (χ3v) is 4.28. The smallest absolute Gasteiger partial charge is 0.106 e. The lowest BCUT2D eigenvalue weighted by molar-refractivity contribution is 0.0129. The highest BCUT2D eigenvalue weighted by Crippen LogP contribution is 2.19. The number of hydrogen-bond acceptors (Lipinski definition) is 3. The third-order valence-electron chi connectivity index (χ3n) is 4.28. The van der Waals surface area contributed by atoms with Gasteiger partial charge in [0.05, 0.1) is 30.3 Å². The van der Waals surface area contributed by atoms with Gasteiger partial charge in [0, 0.05) is 6.61 Å². The number of aliphatic hydroxyl groups excluding tert-OH is 1. The summed E-state index contributed by atoms with van der Waals surface area (Å²) in [6.45, 7) is 3.62. The van der Waals surface area contributed by atoms with Crippen LogP contribution >= 0.6 is 0 Å². The minimum absolute atomic E-state index is 0.381. The summed E-state index contributed by atoms with van der Waals surface area (Å²) in [6, 6.07) is 8.02. The van der Waals surface area contributed by atoms with Crippen LogP contribution in [-0.2, 0) is 11.3 Å². The average molecular weight is 300 g/mol. The van der Waals surface area contributed by atoms with Crippen molar-refractivity contribution in [2.75, 3.05) is 13.2 Å². The standard InChI is InChI=1S/C18H24N2O2/c1-14-19-17-9-5-6-10-18(17)20(14)11-16(21)13-22-12-15-7-3-2-4-8-15/h2-3,5-6,9-10,15-16,21H,4,7-8,11-13H2,1H3/t15-,16+/m0/s1. The monoisotopic (exact) mass is 300 g/mol. The molecule has 1 aliphatic carbocycles. The molecule has 0 fully saturated rings. The van der Waals surface area contributed by atoms with Gasteiger partial charge in [0.15, 0.2) is 0 Å². The molecule has 0 bridgehead atoms. The molecule has 0 unspecified atom stereocenters. The maximum absolute atomic E-state index is 10.2. The highest BCUT2D eigenvalue weighted by Gasteiger charge is 2.14. The number of para-hydroxylation sites is 2. The first-order valence-corrected chi connectivity index (χ1v) is 8.06. The van der Waals surface area contributed by atoms with E-state index < -0.39 is 6.10 Å². The number of benzene rings is 1. The number of aliphatic hydroxyl groups is 1. The van der Waals surface area contributed by atoms with Crippen molar-refractivity contribution in [1.82, 2.24) is 9.55 Å². The molecule has 1 N–H and O–H groups in total. The second-order valence-electron chi connectivity index (χ2n) is 6.10. The van der Waals surface area contributed by atoms with Gasteiger partial charge in [-0.2, -0.15) is 0 Å². The number of aromatic nitrogens is 2. The van der Waals surface area contributed by atoms with Gasteiger partial charge in [-0.25, -0.2) is 4.98 Å². The molecule has 0 saturated heterocycles. The summed E-state index contributed by atoms with van der Waals surface area (Å²) in [5.74, 6) is 1.53. The van der Waals surface area contributed by atoms with Crippen LogP contribution in [0.2, 0.25) is 0 Å². The highest BCUT2D eigenvalue weighted by molar-refractivity contribution is 5.75. The molecular formula is C18H24N2O2. The van der Waals surface area contributed by atoms with Crippen molar-refractivity contribution in [3.63, 3.8) is 0 Å². The Hall–Kier alpha value is -1.65. The molecule has 0 aliphatic heterocycles. The van der Waals surface area contributed by atoms with Crippen molar-refractivity contribution in [2.45, 2.75) is 38.8 Å². The minimum atomic E-state index is -0.504. The Kier molecular flexibility index (Phi) is 4.90. The summed E-state index contributed by atoms with van der Waals surface area (Å²) >= 11 is 0. The Balaban J connectivity index is 1.53. The molecular weight excluding hydrogens is 276 g/mol. The van der Waals surface area contributed by atoms with Crippen LogP contribution in [-0.4, -0.2) is 34.0 Å². The minimum Gasteiger partial charge on any atom is -0.389 e. The number of aryl methyl sites for hydroxylation is 1. The van der Waals surface area contributed by atoms with Crippen LogP contribution in [0, 0.1) is 12.8 Å². The van der Waals surface area contributed by atoms with Gasteiger partial charge in [0.2, 0.25) is 0 Å². The van der Waals surface area contributed by atoms with Crippen LogP contribution < -0.4 is 0 Å². The van der Waals surface area contributed by atoms with E-state index in [0.717, 1.165) is 36.3 Å². The second kappa shape index (κ2) is 7.07. The summed E-state index contributed by atoms with van der Waals surface area (Å²) in [5, 5.41) is 10.2. The van der Waals surface area contributed by atoms with E-state index in [1.54, 1.807) is 0 Å². The first-order chi connectivity index (χ1) is 10.7. The fraction of sp³-hybridized carbons (Fsp3) is 0.500. The molecule has 2 aromatic rings.